The van der Waals surface area contributed by atoms with Gasteiger partial charge in [-0.2, -0.15) is 0 Å². The number of anilines is 1. The Bertz CT molecular complexity index is 1180. The molecule has 0 radical (unpaired) electrons. The summed E-state index contributed by atoms with van der Waals surface area (Å²) in [4.78, 5) is 28.2. The number of nitrogens with zero attached hydrogens (tertiary/aromatic N) is 1. The van der Waals surface area contributed by atoms with Gasteiger partial charge in [-0.05, 0) is 69.0 Å². The average molecular weight is 481 g/mol. The molecule has 186 valence electrons. The van der Waals surface area contributed by atoms with Gasteiger partial charge in [0, 0.05) is 40.3 Å². The number of halogens is 1. The number of carbonyl (C=O) groups excluding carboxylic acids is 2. The highest BCUT2D eigenvalue weighted by Crippen LogP contribution is 2.41. The van der Waals surface area contributed by atoms with Gasteiger partial charge in [0.1, 0.15) is 11.3 Å². The van der Waals surface area contributed by atoms with E-state index in [4.69, 9.17) is 4.42 Å². The van der Waals surface area contributed by atoms with Crippen molar-refractivity contribution in [3.05, 3.63) is 64.9 Å². The van der Waals surface area contributed by atoms with E-state index in [2.05, 4.69) is 36.2 Å². The van der Waals surface area contributed by atoms with Gasteiger partial charge < -0.3 is 14.6 Å². The molecule has 0 saturated heterocycles. The van der Waals surface area contributed by atoms with Crippen molar-refractivity contribution >= 4 is 28.5 Å². The number of aryl methyl sites for hydroxylation is 2. The maximum Gasteiger partial charge on any atom is 0.350 e. The molecule has 2 aromatic carbocycles. The van der Waals surface area contributed by atoms with Crippen LogP contribution in [-0.4, -0.2) is 30.4 Å². The zero-order chi connectivity index (χ0) is 24.9. The predicted octanol–water partition coefficient (Wildman–Crippen LogP) is 6.67. The van der Waals surface area contributed by atoms with E-state index in [9.17, 15) is 14.1 Å². The van der Waals surface area contributed by atoms with Gasteiger partial charge in [-0.1, -0.05) is 30.9 Å². The minimum absolute atomic E-state index is 0.0407. The van der Waals surface area contributed by atoms with E-state index >= 15 is 0 Å². The van der Waals surface area contributed by atoms with Crippen molar-refractivity contribution in [3.63, 3.8) is 0 Å². The number of hydrogen-bond acceptors (Lipinski definition) is 5. The van der Waals surface area contributed by atoms with E-state index in [1.165, 1.54) is 35.3 Å². The minimum atomic E-state index is -0.992. The largest absolute Gasteiger partial charge is 0.459 e. The number of rotatable bonds is 8. The second-order valence-electron chi connectivity index (χ2n) is 9.61. The lowest BCUT2D eigenvalue weighted by Gasteiger charge is -2.31. The minimum Gasteiger partial charge on any atom is -0.459 e. The van der Waals surface area contributed by atoms with E-state index in [1.807, 2.05) is 18.2 Å². The van der Waals surface area contributed by atoms with Crippen molar-refractivity contribution in [1.82, 2.24) is 4.90 Å². The van der Waals surface area contributed by atoms with Crippen molar-refractivity contribution in [2.24, 2.45) is 5.92 Å². The van der Waals surface area contributed by atoms with Crippen LogP contribution in [-0.2, 0) is 9.74 Å². The van der Waals surface area contributed by atoms with Gasteiger partial charge in [0.05, 0.1) is 12.5 Å². The quantitative estimate of drug-likeness (QED) is 0.390. The first-order valence-corrected chi connectivity index (χ1v) is 12.3. The molecule has 3 aromatic rings. The Morgan fingerprint density at radius 3 is 2.51 bits per heavy atom. The molecule has 4 rings (SSSR count). The van der Waals surface area contributed by atoms with Crippen molar-refractivity contribution in [2.45, 2.75) is 58.4 Å². The van der Waals surface area contributed by atoms with Gasteiger partial charge in [-0.15, -0.1) is 0 Å². The van der Waals surface area contributed by atoms with Gasteiger partial charge in [-0.25, -0.2) is 4.79 Å². The number of carbonyl (C=O) groups is 2. The molecule has 1 unspecified atom stereocenters. The molecule has 0 aliphatic heterocycles. The number of benzene rings is 2. The fourth-order valence-electron chi connectivity index (χ4n) is 5.02. The fourth-order valence-corrected chi connectivity index (χ4v) is 5.02. The van der Waals surface area contributed by atoms with E-state index in [-0.39, 0.29) is 24.9 Å². The van der Waals surface area contributed by atoms with E-state index in [0.717, 1.165) is 35.3 Å². The van der Waals surface area contributed by atoms with Crippen LogP contribution in [0.15, 0.2) is 46.9 Å². The highest BCUT2D eigenvalue weighted by atomic mass is 19.3. The molecule has 1 aliphatic rings. The molecule has 1 amide bonds. The zero-order valence-electron chi connectivity index (χ0n) is 20.6. The van der Waals surface area contributed by atoms with Gasteiger partial charge in [0.15, 0.2) is 0 Å². The van der Waals surface area contributed by atoms with Crippen LogP contribution in [0, 0.1) is 19.8 Å². The van der Waals surface area contributed by atoms with E-state index in [1.54, 1.807) is 19.2 Å². The molecule has 1 atom stereocenters. The number of nitrogens with one attached hydrogen (secondary N) is 1. The van der Waals surface area contributed by atoms with Crippen LogP contribution >= 0.6 is 0 Å². The summed E-state index contributed by atoms with van der Waals surface area (Å²) in [6.45, 7) is 4.31. The van der Waals surface area contributed by atoms with Gasteiger partial charge in [-0.3, -0.25) is 9.74 Å². The SMILES string of the molecule is Cc1ccc2oc(C(Nc3ccc(C(=O)N(C)CCC(=O)OF)cc3)C3CCCCC3)c(C)c2c1. The van der Waals surface area contributed by atoms with Crippen molar-refractivity contribution < 1.29 is 23.5 Å². The number of hydrogen-bond donors (Lipinski definition) is 1. The van der Waals surface area contributed by atoms with E-state index in [0.29, 0.717) is 11.5 Å². The predicted molar refractivity (Wildman–Crippen MR) is 134 cm³/mol. The van der Waals surface area contributed by atoms with Gasteiger partial charge in [0.25, 0.3) is 5.91 Å². The zero-order valence-corrected chi connectivity index (χ0v) is 20.6. The molecule has 1 N–H and O–H groups in total. The van der Waals surface area contributed by atoms with Crippen LogP contribution in [0.3, 0.4) is 0 Å². The second-order valence-corrected chi connectivity index (χ2v) is 9.61. The van der Waals surface area contributed by atoms with Gasteiger partial charge in [0.2, 0.25) is 0 Å². The van der Waals surface area contributed by atoms with Crippen LogP contribution in [0.5, 0.6) is 0 Å². The molecule has 35 heavy (non-hydrogen) atoms. The molecular weight excluding hydrogens is 447 g/mol. The molecule has 0 bridgehead atoms. The van der Waals surface area contributed by atoms with Crippen molar-refractivity contribution in [1.29, 1.82) is 0 Å². The lowest BCUT2D eigenvalue weighted by Crippen LogP contribution is -2.29. The molecule has 1 aliphatic carbocycles. The highest BCUT2D eigenvalue weighted by Gasteiger charge is 2.30. The molecule has 1 aromatic heterocycles. The normalized spacial score (nSPS) is 15.1. The lowest BCUT2D eigenvalue weighted by atomic mass is 9.82. The molecule has 1 saturated carbocycles. The first kappa shape index (κ1) is 24.8. The molecule has 1 fully saturated rings. The van der Waals surface area contributed by atoms with Gasteiger partial charge >= 0.3 is 5.97 Å². The van der Waals surface area contributed by atoms with Crippen LogP contribution in [0.4, 0.5) is 10.2 Å². The number of furan rings is 1. The summed E-state index contributed by atoms with van der Waals surface area (Å²) in [5.74, 6) is 0.216. The Kier molecular flexibility index (Phi) is 7.73. The monoisotopic (exact) mass is 480 g/mol. The molecule has 0 spiro atoms. The number of amides is 1. The first-order valence-electron chi connectivity index (χ1n) is 12.3. The van der Waals surface area contributed by atoms with Crippen LogP contribution in [0.1, 0.15) is 71.8 Å². The standard InChI is InChI=1S/C28H33FN2O4/c1-18-9-14-24-23(17-18)19(2)27(34-24)26(20-7-5-4-6-8-20)30-22-12-10-21(11-13-22)28(33)31(3)16-15-25(32)35-29/h9-14,17,20,26,30H,4-8,15-16H2,1-3H3. The van der Waals surface area contributed by atoms with Crippen molar-refractivity contribution in [2.75, 3.05) is 18.9 Å². The Hall–Kier alpha value is -3.35. The van der Waals surface area contributed by atoms with Crippen molar-refractivity contribution in [3.8, 4) is 0 Å². The maximum absolute atomic E-state index is 12.7. The second kappa shape index (κ2) is 10.9. The molecule has 6 nitrogen and oxygen atoms in total. The Morgan fingerprint density at radius 2 is 1.83 bits per heavy atom. The summed E-state index contributed by atoms with van der Waals surface area (Å²) in [7, 11) is 1.57. The fraction of sp³-hybridized carbons (Fsp3) is 0.429. The first-order chi connectivity index (χ1) is 16.9. The highest BCUT2D eigenvalue weighted by molar-refractivity contribution is 5.94. The lowest BCUT2D eigenvalue weighted by molar-refractivity contribution is -0.183. The molecular formula is C28H33FN2O4. The van der Waals surface area contributed by atoms with Crippen LogP contribution < -0.4 is 5.32 Å². The van der Waals surface area contributed by atoms with E-state index < -0.39 is 5.97 Å². The summed E-state index contributed by atoms with van der Waals surface area (Å²) in [5.41, 5.74) is 4.70. The van der Waals surface area contributed by atoms with Crippen LogP contribution in [0.25, 0.3) is 11.0 Å². The summed E-state index contributed by atoms with van der Waals surface area (Å²) in [6.07, 6.45) is 5.81. The Labute approximate surface area is 205 Å². The summed E-state index contributed by atoms with van der Waals surface area (Å²) in [5, 5.41) is 4.86. The molecule has 7 heteroatoms. The Morgan fingerprint density at radius 1 is 1.11 bits per heavy atom. The summed E-state index contributed by atoms with van der Waals surface area (Å²) >= 11 is 0. The summed E-state index contributed by atoms with van der Waals surface area (Å²) in [6, 6.07) is 13.7. The topological polar surface area (TPSA) is 71.8 Å². The number of fused-ring (bicyclic) bond motifs is 1. The smallest absolute Gasteiger partial charge is 0.350 e. The third-order valence-corrected chi connectivity index (χ3v) is 7.07. The maximum atomic E-state index is 12.7. The average Bonchev–Trinajstić information content (AvgIpc) is 3.21. The molecule has 1 heterocycles. The summed E-state index contributed by atoms with van der Waals surface area (Å²) < 4.78 is 18.3. The Balaban J connectivity index is 1.55. The third kappa shape index (κ3) is 5.66. The van der Waals surface area contributed by atoms with Crippen LogP contribution in [0.2, 0.25) is 0 Å². The third-order valence-electron chi connectivity index (χ3n) is 7.07.